The molecule has 0 saturated carbocycles. The molecule has 0 unspecified atom stereocenters. The lowest BCUT2D eigenvalue weighted by Crippen LogP contribution is -1.93. The maximum absolute atomic E-state index is 6.27. The van der Waals surface area contributed by atoms with E-state index in [1.165, 1.54) is 11.3 Å². The monoisotopic (exact) mass is 344 g/mol. The van der Waals surface area contributed by atoms with Crippen molar-refractivity contribution in [1.82, 2.24) is 29.6 Å². The standard InChI is InChI=1S/C15H13ClN6S/c1-8-12(9(2)21(3)19-8)14-20-22-13(17-18-15(22)23-14)10-6-4-5-7-11(10)16/h4-7H,1-3H3. The van der Waals surface area contributed by atoms with Crippen molar-refractivity contribution in [2.75, 3.05) is 0 Å². The summed E-state index contributed by atoms with van der Waals surface area (Å²) in [6, 6.07) is 7.56. The fourth-order valence-electron chi connectivity index (χ4n) is 2.61. The van der Waals surface area contributed by atoms with Crippen molar-refractivity contribution in [2.45, 2.75) is 13.8 Å². The molecule has 6 nitrogen and oxygen atoms in total. The van der Waals surface area contributed by atoms with Crippen LogP contribution in [0.3, 0.4) is 0 Å². The molecule has 0 saturated heterocycles. The average molecular weight is 345 g/mol. The molecule has 0 N–H and O–H groups in total. The number of aromatic nitrogens is 6. The third-order valence-corrected chi connectivity index (χ3v) is 5.07. The van der Waals surface area contributed by atoms with Gasteiger partial charge in [0.2, 0.25) is 4.96 Å². The molecular weight excluding hydrogens is 332 g/mol. The lowest BCUT2D eigenvalue weighted by atomic mass is 10.2. The second kappa shape index (κ2) is 5.14. The first-order valence-electron chi connectivity index (χ1n) is 7.04. The van der Waals surface area contributed by atoms with E-state index in [9.17, 15) is 0 Å². The zero-order chi connectivity index (χ0) is 16.1. The van der Waals surface area contributed by atoms with Gasteiger partial charge >= 0.3 is 0 Å². The predicted molar refractivity (Wildman–Crippen MR) is 90.8 cm³/mol. The molecule has 0 aliphatic carbocycles. The van der Waals surface area contributed by atoms with Crippen LogP contribution in [0.2, 0.25) is 5.02 Å². The highest BCUT2D eigenvalue weighted by Crippen LogP contribution is 2.33. The first-order valence-corrected chi connectivity index (χ1v) is 8.23. The molecule has 8 heteroatoms. The van der Waals surface area contributed by atoms with Gasteiger partial charge in [-0.05, 0) is 26.0 Å². The molecule has 23 heavy (non-hydrogen) atoms. The Labute approximate surface area is 141 Å². The van der Waals surface area contributed by atoms with Gasteiger partial charge in [0, 0.05) is 18.3 Å². The number of halogens is 1. The first-order chi connectivity index (χ1) is 11.1. The summed E-state index contributed by atoms with van der Waals surface area (Å²) in [6.07, 6.45) is 0. The molecule has 116 valence electrons. The van der Waals surface area contributed by atoms with E-state index < -0.39 is 0 Å². The van der Waals surface area contributed by atoms with Crippen LogP contribution in [-0.4, -0.2) is 29.6 Å². The van der Waals surface area contributed by atoms with Crippen molar-refractivity contribution in [3.8, 4) is 22.0 Å². The first kappa shape index (κ1) is 14.3. The summed E-state index contributed by atoms with van der Waals surface area (Å²) in [7, 11) is 1.93. The molecule has 3 aromatic heterocycles. The van der Waals surface area contributed by atoms with Gasteiger partial charge in [0.1, 0.15) is 0 Å². The molecule has 0 spiro atoms. The zero-order valence-corrected chi connectivity index (χ0v) is 14.4. The van der Waals surface area contributed by atoms with Crippen molar-refractivity contribution in [3.63, 3.8) is 0 Å². The molecule has 0 fully saturated rings. The number of hydrogen-bond acceptors (Lipinski definition) is 5. The third-order valence-electron chi connectivity index (χ3n) is 3.83. The summed E-state index contributed by atoms with van der Waals surface area (Å²) in [6.45, 7) is 4.02. The number of benzene rings is 1. The lowest BCUT2D eigenvalue weighted by molar-refractivity contribution is 0.731. The van der Waals surface area contributed by atoms with Gasteiger partial charge in [0.25, 0.3) is 0 Å². The van der Waals surface area contributed by atoms with Crippen LogP contribution in [0.25, 0.3) is 26.9 Å². The lowest BCUT2D eigenvalue weighted by Gasteiger charge is -1.99. The minimum Gasteiger partial charge on any atom is -0.272 e. The molecular formula is C15H13ClN6S. The number of nitrogens with zero attached hydrogens (tertiary/aromatic N) is 6. The highest BCUT2D eigenvalue weighted by molar-refractivity contribution is 7.19. The fraction of sp³-hybridized carbons (Fsp3) is 0.200. The summed E-state index contributed by atoms with van der Waals surface area (Å²) in [5, 5.41) is 19.1. The highest BCUT2D eigenvalue weighted by Gasteiger charge is 2.20. The minimum absolute atomic E-state index is 0.630. The van der Waals surface area contributed by atoms with Crippen LogP contribution < -0.4 is 0 Å². The summed E-state index contributed by atoms with van der Waals surface area (Å²) in [5.41, 5.74) is 3.90. The molecule has 0 aliphatic heterocycles. The van der Waals surface area contributed by atoms with E-state index in [4.69, 9.17) is 16.7 Å². The van der Waals surface area contributed by atoms with Crippen molar-refractivity contribution >= 4 is 27.9 Å². The van der Waals surface area contributed by atoms with Crippen LogP contribution in [0, 0.1) is 13.8 Å². The van der Waals surface area contributed by atoms with Gasteiger partial charge in [-0.1, -0.05) is 35.1 Å². The number of hydrogen-bond donors (Lipinski definition) is 0. The van der Waals surface area contributed by atoms with E-state index in [1.54, 1.807) is 4.52 Å². The Balaban J connectivity index is 1.92. The smallest absolute Gasteiger partial charge is 0.235 e. The molecule has 4 aromatic rings. The fourth-order valence-corrected chi connectivity index (χ4v) is 3.82. The minimum atomic E-state index is 0.630. The topological polar surface area (TPSA) is 60.9 Å². The molecule has 0 radical (unpaired) electrons. The molecule has 0 bridgehead atoms. The van der Waals surface area contributed by atoms with E-state index >= 15 is 0 Å². The highest BCUT2D eigenvalue weighted by atomic mass is 35.5. The number of fused-ring (bicyclic) bond motifs is 1. The predicted octanol–water partition coefficient (Wildman–Crippen LogP) is 3.52. The number of aryl methyl sites for hydroxylation is 2. The maximum Gasteiger partial charge on any atom is 0.235 e. The molecule has 0 amide bonds. The second-order valence-electron chi connectivity index (χ2n) is 5.27. The molecule has 0 aliphatic rings. The summed E-state index contributed by atoms with van der Waals surface area (Å²) in [4.78, 5) is 0.734. The molecule has 4 rings (SSSR count). The van der Waals surface area contributed by atoms with E-state index in [2.05, 4.69) is 15.3 Å². The number of rotatable bonds is 2. The van der Waals surface area contributed by atoms with Crippen LogP contribution >= 0.6 is 22.9 Å². The SMILES string of the molecule is Cc1nn(C)c(C)c1-c1nn2c(-c3ccccc3Cl)nnc2s1. The normalized spacial score (nSPS) is 11.5. The Bertz CT molecular complexity index is 1030. The van der Waals surface area contributed by atoms with Crippen LogP contribution in [0.1, 0.15) is 11.4 Å². The van der Waals surface area contributed by atoms with E-state index in [0.29, 0.717) is 10.8 Å². The van der Waals surface area contributed by atoms with Crippen LogP contribution in [0.5, 0.6) is 0 Å². The Morgan fingerprint density at radius 3 is 2.57 bits per heavy atom. The van der Waals surface area contributed by atoms with Gasteiger partial charge in [0.05, 0.1) is 16.3 Å². The van der Waals surface area contributed by atoms with Gasteiger partial charge < -0.3 is 0 Å². The van der Waals surface area contributed by atoms with Crippen LogP contribution in [0.15, 0.2) is 24.3 Å². The summed E-state index contributed by atoms with van der Waals surface area (Å²) < 4.78 is 3.61. The van der Waals surface area contributed by atoms with E-state index in [0.717, 1.165) is 32.5 Å². The van der Waals surface area contributed by atoms with Crippen LogP contribution in [0.4, 0.5) is 0 Å². The van der Waals surface area contributed by atoms with Gasteiger partial charge in [-0.25, -0.2) is 0 Å². The Hall–Kier alpha value is -2.25. The summed E-state index contributed by atoms with van der Waals surface area (Å²) in [5.74, 6) is 0.646. The van der Waals surface area contributed by atoms with E-state index in [1.807, 2.05) is 49.8 Å². The van der Waals surface area contributed by atoms with Crippen LogP contribution in [-0.2, 0) is 7.05 Å². The zero-order valence-electron chi connectivity index (χ0n) is 12.8. The van der Waals surface area contributed by atoms with Gasteiger partial charge in [0.15, 0.2) is 10.8 Å². The maximum atomic E-state index is 6.27. The van der Waals surface area contributed by atoms with Gasteiger partial charge in [-0.3, -0.25) is 4.68 Å². The van der Waals surface area contributed by atoms with Crippen molar-refractivity contribution < 1.29 is 0 Å². The Kier molecular flexibility index (Phi) is 3.21. The second-order valence-corrected chi connectivity index (χ2v) is 6.64. The average Bonchev–Trinajstić information content (AvgIpc) is 3.14. The van der Waals surface area contributed by atoms with E-state index in [-0.39, 0.29) is 0 Å². The van der Waals surface area contributed by atoms with Gasteiger partial charge in [-0.2, -0.15) is 14.7 Å². The molecule has 0 atom stereocenters. The Morgan fingerprint density at radius 1 is 1.09 bits per heavy atom. The molecule has 3 heterocycles. The molecule has 1 aromatic carbocycles. The third kappa shape index (κ3) is 2.15. The quantitative estimate of drug-likeness (QED) is 0.558. The van der Waals surface area contributed by atoms with Crippen molar-refractivity contribution in [2.24, 2.45) is 7.05 Å². The van der Waals surface area contributed by atoms with Gasteiger partial charge in [-0.15, -0.1) is 10.2 Å². The van der Waals surface area contributed by atoms with Crippen molar-refractivity contribution in [1.29, 1.82) is 0 Å². The largest absolute Gasteiger partial charge is 0.272 e. The Morgan fingerprint density at radius 2 is 1.87 bits per heavy atom. The summed E-state index contributed by atoms with van der Waals surface area (Å²) >= 11 is 7.77. The van der Waals surface area contributed by atoms with Crippen molar-refractivity contribution in [3.05, 3.63) is 40.7 Å².